The van der Waals surface area contributed by atoms with E-state index in [2.05, 4.69) is 0 Å². The highest BCUT2D eigenvalue weighted by atomic mass is 19.4. The lowest BCUT2D eigenvalue weighted by atomic mass is 9.80. The van der Waals surface area contributed by atoms with E-state index in [9.17, 15) is 18.0 Å². The fraction of sp³-hybridized carbons (Fsp3) is 0.462. The second-order valence-corrected chi connectivity index (χ2v) is 5.01. The van der Waals surface area contributed by atoms with E-state index in [1.807, 2.05) is 6.92 Å². The van der Waals surface area contributed by atoms with Crippen LogP contribution in [0.1, 0.15) is 24.5 Å². The van der Waals surface area contributed by atoms with Crippen LogP contribution >= 0.6 is 0 Å². The molecule has 1 aromatic carbocycles. The predicted molar refractivity (Wildman–Crippen MR) is 62.6 cm³/mol. The number of rotatable bonds is 1. The smallest absolute Gasteiger partial charge is 0.314 e. The Bertz CT molecular complexity index is 509. The molecule has 1 unspecified atom stereocenters. The lowest BCUT2D eigenvalue weighted by molar-refractivity contribution is -0.154. The van der Waals surface area contributed by atoms with Crippen LogP contribution in [0.2, 0.25) is 0 Å². The molecule has 98 valence electrons. The van der Waals surface area contributed by atoms with Gasteiger partial charge in [-0.1, -0.05) is 12.1 Å². The minimum atomic E-state index is -4.36. The summed E-state index contributed by atoms with van der Waals surface area (Å²) in [6.07, 6.45) is -5.49. The van der Waals surface area contributed by atoms with Gasteiger partial charge >= 0.3 is 6.18 Å². The molecule has 0 bridgehead atoms. The fourth-order valence-corrected chi connectivity index (χ4v) is 2.55. The van der Waals surface area contributed by atoms with Crippen molar-refractivity contribution in [1.82, 2.24) is 0 Å². The quantitative estimate of drug-likeness (QED) is 0.756. The predicted octanol–water partition coefficient (Wildman–Crippen LogP) is 3.18. The third-order valence-corrected chi connectivity index (χ3v) is 3.44. The van der Waals surface area contributed by atoms with Crippen LogP contribution in [-0.4, -0.2) is 19.1 Å². The number of nitrogens with zero attached hydrogens (tertiary/aromatic N) is 1. The van der Waals surface area contributed by atoms with Crippen molar-refractivity contribution in [3.8, 4) is 0 Å². The van der Waals surface area contributed by atoms with Crippen molar-refractivity contribution < 1.29 is 18.0 Å². The Morgan fingerprint density at radius 2 is 1.94 bits per heavy atom. The summed E-state index contributed by atoms with van der Waals surface area (Å²) in [5, 5.41) is 0. The first-order valence-corrected chi connectivity index (χ1v) is 5.61. The van der Waals surface area contributed by atoms with Gasteiger partial charge in [-0.15, -0.1) is 0 Å². The van der Waals surface area contributed by atoms with E-state index >= 15 is 0 Å². The summed E-state index contributed by atoms with van der Waals surface area (Å²) in [6, 6.07) is 5.10. The molecular weight excluding hydrogens is 243 g/mol. The lowest BCUT2D eigenvalue weighted by Gasteiger charge is -2.24. The van der Waals surface area contributed by atoms with Crippen LogP contribution in [0, 0.1) is 6.92 Å². The maximum absolute atomic E-state index is 12.7. The monoisotopic (exact) mass is 257 g/mol. The number of carbonyl (C=O) groups excluding carboxylic acids is 1. The van der Waals surface area contributed by atoms with Gasteiger partial charge in [-0.3, -0.25) is 4.79 Å². The molecule has 1 heterocycles. The van der Waals surface area contributed by atoms with Gasteiger partial charge in [0, 0.05) is 12.7 Å². The first kappa shape index (κ1) is 12.9. The number of amides is 1. The van der Waals surface area contributed by atoms with Crippen LogP contribution in [0.3, 0.4) is 0 Å². The van der Waals surface area contributed by atoms with Crippen molar-refractivity contribution in [2.45, 2.75) is 31.9 Å². The van der Waals surface area contributed by atoms with E-state index < -0.39 is 23.9 Å². The number of benzene rings is 1. The van der Waals surface area contributed by atoms with Crippen molar-refractivity contribution in [3.63, 3.8) is 0 Å². The molecule has 1 amide bonds. The second-order valence-electron chi connectivity index (χ2n) is 5.01. The third kappa shape index (κ3) is 1.87. The average molecular weight is 257 g/mol. The van der Waals surface area contributed by atoms with Gasteiger partial charge in [-0.25, -0.2) is 0 Å². The molecule has 1 atom stereocenters. The van der Waals surface area contributed by atoms with E-state index in [4.69, 9.17) is 0 Å². The van der Waals surface area contributed by atoms with Gasteiger partial charge in [0.1, 0.15) is 0 Å². The summed E-state index contributed by atoms with van der Waals surface area (Å²) < 4.78 is 38.0. The third-order valence-electron chi connectivity index (χ3n) is 3.44. The van der Waals surface area contributed by atoms with Gasteiger partial charge in [0.05, 0.1) is 11.8 Å². The zero-order valence-electron chi connectivity index (χ0n) is 10.4. The van der Waals surface area contributed by atoms with Crippen LogP contribution in [0.4, 0.5) is 18.9 Å². The molecule has 0 spiro atoms. The molecule has 2 nitrogen and oxygen atoms in total. The molecule has 1 aliphatic rings. The summed E-state index contributed by atoms with van der Waals surface area (Å²) >= 11 is 0. The Morgan fingerprint density at radius 3 is 2.50 bits per heavy atom. The molecule has 0 aliphatic carbocycles. The van der Waals surface area contributed by atoms with Crippen molar-refractivity contribution in [1.29, 1.82) is 0 Å². The number of alkyl halides is 3. The zero-order valence-corrected chi connectivity index (χ0v) is 10.4. The highest BCUT2D eigenvalue weighted by Crippen LogP contribution is 2.46. The number of fused-ring (bicyclic) bond motifs is 1. The molecule has 0 aromatic heterocycles. The first-order chi connectivity index (χ1) is 8.15. The van der Waals surface area contributed by atoms with E-state index in [1.165, 1.54) is 18.9 Å². The van der Waals surface area contributed by atoms with Crippen LogP contribution in [0.15, 0.2) is 18.2 Å². The Kier molecular flexibility index (Phi) is 2.68. The molecular formula is C13H14F3NO. The van der Waals surface area contributed by atoms with Crippen molar-refractivity contribution in [3.05, 3.63) is 29.3 Å². The summed E-state index contributed by atoms with van der Waals surface area (Å²) in [7, 11) is 1.52. The van der Waals surface area contributed by atoms with Crippen molar-refractivity contribution in [2.24, 2.45) is 0 Å². The minimum Gasteiger partial charge on any atom is -0.314 e. The molecule has 0 fully saturated rings. The molecule has 1 aromatic rings. The highest BCUT2D eigenvalue weighted by Gasteiger charge is 2.52. The Hall–Kier alpha value is -1.52. The van der Waals surface area contributed by atoms with Crippen LogP contribution in [0.25, 0.3) is 0 Å². The Labute approximate surface area is 103 Å². The van der Waals surface area contributed by atoms with Gasteiger partial charge in [-0.2, -0.15) is 13.2 Å². The maximum Gasteiger partial charge on any atom is 0.390 e. The largest absolute Gasteiger partial charge is 0.390 e. The number of aryl methyl sites for hydroxylation is 1. The molecule has 0 N–H and O–H groups in total. The van der Waals surface area contributed by atoms with E-state index in [0.717, 1.165) is 5.56 Å². The van der Waals surface area contributed by atoms with E-state index in [-0.39, 0.29) is 0 Å². The van der Waals surface area contributed by atoms with Crippen molar-refractivity contribution >= 4 is 11.6 Å². The number of hydrogen-bond donors (Lipinski definition) is 0. The standard InChI is InChI=1S/C13H14F3NO/c1-8-4-5-9-10(6-8)17(3)11(18)12(9,2)7-13(14,15)16/h4-6H,7H2,1-3H3. The lowest BCUT2D eigenvalue weighted by Crippen LogP contribution is -2.39. The SMILES string of the molecule is Cc1ccc2c(c1)N(C)C(=O)C2(C)CC(F)(F)F. The van der Waals surface area contributed by atoms with E-state index in [0.29, 0.717) is 11.3 Å². The summed E-state index contributed by atoms with van der Waals surface area (Å²) in [4.78, 5) is 13.4. The molecule has 2 rings (SSSR count). The number of hydrogen-bond acceptors (Lipinski definition) is 1. The van der Waals surface area contributed by atoms with Crippen molar-refractivity contribution in [2.75, 3.05) is 11.9 Å². The molecule has 18 heavy (non-hydrogen) atoms. The van der Waals surface area contributed by atoms with Crippen LogP contribution in [-0.2, 0) is 10.2 Å². The summed E-state index contributed by atoms with van der Waals surface area (Å²) in [6.45, 7) is 3.21. The van der Waals surface area contributed by atoms with Gasteiger partial charge in [-0.05, 0) is 31.0 Å². The zero-order chi connectivity index (χ0) is 13.7. The number of likely N-dealkylation sites (N-methyl/N-ethyl adjacent to an activating group) is 1. The van der Waals surface area contributed by atoms with Gasteiger partial charge < -0.3 is 4.90 Å². The molecule has 5 heteroatoms. The summed E-state index contributed by atoms with van der Waals surface area (Å²) in [5.74, 6) is -0.500. The fourth-order valence-electron chi connectivity index (χ4n) is 2.55. The number of carbonyl (C=O) groups is 1. The van der Waals surface area contributed by atoms with Crippen LogP contribution < -0.4 is 4.90 Å². The Morgan fingerprint density at radius 1 is 1.33 bits per heavy atom. The number of anilines is 1. The Balaban J connectivity index is 2.55. The number of halogens is 3. The molecule has 0 saturated heterocycles. The molecule has 0 saturated carbocycles. The van der Waals surface area contributed by atoms with Crippen LogP contribution in [0.5, 0.6) is 0 Å². The summed E-state index contributed by atoms with van der Waals surface area (Å²) in [5.41, 5.74) is 0.449. The van der Waals surface area contributed by atoms with Gasteiger partial charge in [0.2, 0.25) is 5.91 Å². The van der Waals surface area contributed by atoms with Gasteiger partial charge in [0.15, 0.2) is 0 Å². The molecule has 0 radical (unpaired) electrons. The topological polar surface area (TPSA) is 20.3 Å². The maximum atomic E-state index is 12.7. The normalized spacial score (nSPS) is 23.4. The first-order valence-electron chi connectivity index (χ1n) is 5.61. The molecule has 1 aliphatic heterocycles. The second kappa shape index (κ2) is 3.73. The van der Waals surface area contributed by atoms with Gasteiger partial charge in [0.25, 0.3) is 0 Å². The highest BCUT2D eigenvalue weighted by molar-refractivity contribution is 6.07. The van der Waals surface area contributed by atoms with E-state index in [1.54, 1.807) is 18.2 Å². The minimum absolute atomic E-state index is 0.456. The average Bonchev–Trinajstić information content (AvgIpc) is 2.39.